The Kier molecular flexibility index (Phi) is 5.54. The summed E-state index contributed by atoms with van der Waals surface area (Å²) in [5.74, 6) is -1.44. The molecule has 100 valence electrons. The zero-order valence-electron chi connectivity index (χ0n) is 10.1. The Balaban J connectivity index is 2.90. The minimum absolute atomic E-state index is 0.0954. The number of carbonyl (C=O) groups excluding carboxylic acids is 1. The van der Waals surface area contributed by atoms with Gasteiger partial charge in [-0.25, -0.2) is 4.39 Å². The molecule has 6 heteroatoms. The standard InChI is InChI=1S/C12H16FNO4/c1-18-7-5-14(4-6-15)12(17)10-8-9(13)2-3-11(10)16/h2-3,8,15-16H,4-7H2,1H3. The number of rotatable bonds is 6. The SMILES string of the molecule is COCCN(CCO)C(=O)c1cc(F)ccc1O. The molecule has 5 nitrogen and oxygen atoms in total. The fourth-order valence-corrected chi connectivity index (χ4v) is 1.49. The van der Waals surface area contributed by atoms with Crippen molar-refractivity contribution in [3.63, 3.8) is 0 Å². The van der Waals surface area contributed by atoms with Crippen LogP contribution < -0.4 is 0 Å². The molecule has 0 saturated carbocycles. The summed E-state index contributed by atoms with van der Waals surface area (Å²) in [4.78, 5) is 13.3. The van der Waals surface area contributed by atoms with E-state index in [0.29, 0.717) is 6.61 Å². The van der Waals surface area contributed by atoms with Crippen molar-refractivity contribution >= 4 is 5.91 Å². The highest BCUT2D eigenvalue weighted by atomic mass is 19.1. The van der Waals surface area contributed by atoms with E-state index < -0.39 is 11.7 Å². The number of nitrogens with zero attached hydrogens (tertiary/aromatic N) is 1. The Hall–Kier alpha value is -1.66. The molecule has 0 unspecified atom stereocenters. The molecule has 1 amide bonds. The number of phenolic OH excluding ortho intramolecular Hbond substituents is 1. The van der Waals surface area contributed by atoms with Gasteiger partial charge >= 0.3 is 0 Å². The molecule has 0 radical (unpaired) electrons. The molecule has 1 rings (SSSR count). The number of phenols is 1. The molecule has 1 aromatic rings. The van der Waals surface area contributed by atoms with Gasteiger partial charge in [-0.1, -0.05) is 0 Å². The van der Waals surface area contributed by atoms with E-state index in [4.69, 9.17) is 9.84 Å². The Bertz CT molecular complexity index is 411. The van der Waals surface area contributed by atoms with Crippen LogP contribution in [0.5, 0.6) is 5.75 Å². The number of hydrogen-bond acceptors (Lipinski definition) is 4. The van der Waals surface area contributed by atoms with E-state index in [0.717, 1.165) is 18.2 Å². The van der Waals surface area contributed by atoms with Gasteiger partial charge in [0.15, 0.2) is 0 Å². The smallest absolute Gasteiger partial charge is 0.257 e. The van der Waals surface area contributed by atoms with Gasteiger partial charge in [0, 0.05) is 20.2 Å². The van der Waals surface area contributed by atoms with Gasteiger partial charge in [0.25, 0.3) is 5.91 Å². The molecule has 0 heterocycles. The number of ether oxygens (including phenoxy) is 1. The molecule has 0 bridgehead atoms. The zero-order valence-corrected chi connectivity index (χ0v) is 10.1. The number of benzene rings is 1. The first-order valence-electron chi connectivity index (χ1n) is 5.47. The van der Waals surface area contributed by atoms with Crippen molar-refractivity contribution in [2.75, 3.05) is 33.4 Å². The molecule has 0 fully saturated rings. The normalized spacial score (nSPS) is 10.4. The second-order valence-electron chi connectivity index (χ2n) is 3.67. The molecule has 1 aromatic carbocycles. The molecule has 0 aromatic heterocycles. The van der Waals surface area contributed by atoms with E-state index in [1.807, 2.05) is 0 Å². The van der Waals surface area contributed by atoms with E-state index in [1.165, 1.54) is 12.0 Å². The lowest BCUT2D eigenvalue weighted by atomic mass is 10.1. The summed E-state index contributed by atoms with van der Waals surface area (Å²) in [5.41, 5.74) is -0.125. The van der Waals surface area contributed by atoms with Crippen LogP contribution in [0.4, 0.5) is 4.39 Å². The highest BCUT2D eigenvalue weighted by molar-refractivity contribution is 5.96. The van der Waals surface area contributed by atoms with E-state index in [-0.39, 0.29) is 31.0 Å². The van der Waals surface area contributed by atoms with Crippen molar-refractivity contribution in [1.29, 1.82) is 0 Å². The number of aliphatic hydroxyl groups is 1. The topological polar surface area (TPSA) is 70.0 Å². The van der Waals surface area contributed by atoms with Crippen molar-refractivity contribution in [1.82, 2.24) is 4.90 Å². The first-order chi connectivity index (χ1) is 8.60. The zero-order chi connectivity index (χ0) is 13.5. The van der Waals surface area contributed by atoms with E-state index in [1.54, 1.807) is 0 Å². The molecule has 0 aliphatic heterocycles. The quantitative estimate of drug-likeness (QED) is 0.783. The van der Waals surface area contributed by atoms with Crippen LogP contribution in [-0.4, -0.2) is 54.4 Å². The van der Waals surface area contributed by atoms with Gasteiger partial charge in [-0.15, -0.1) is 0 Å². The number of hydrogen-bond donors (Lipinski definition) is 2. The molecule has 0 aliphatic carbocycles. The molecule has 2 N–H and O–H groups in total. The highest BCUT2D eigenvalue weighted by Crippen LogP contribution is 2.19. The minimum Gasteiger partial charge on any atom is -0.507 e. The minimum atomic E-state index is -0.605. The lowest BCUT2D eigenvalue weighted by Gasteiger charge is -2.21. The van der Waals surface area contributed by atoms with Crippen LogP contribution in [0, 0.1) is 5.82 Å². The predicted octanol–water partition coefficient (Wildman–Crippen LogP) is 0.612. The first-order valence-corrected chi connectivity index (χ1v) is 5.47. The summed E-state index contributed by atoms with van der Waals surface area (Å²) in [6.07, 6.45) is 0. The van der Waals surface area contributed by atoms with Crippen molar-refractivity contribution < 1.29 is 24.1 Å². The molecule has 0 aliphatic rings. The third-order valence-electron chi connectivity index (χ3n) is 2.41. The van der Waals surface area contributed by atoms with E-state index in [2.05, 4.69) is 0 Å². The van der Waals surface area contributed by atoms with Crippen LogP contribution in [0.25, 0.3) is 0 Å². The first kappa shape index (κ1) is 14.4. The maximum atomic E-state index is 13.1. The van der Waals surface area contributed by atoms with Gasteiger partial charge in [-0.2, -0.15) is 0 Å². The van der Waals surface area contributed by atoms with E-state index in [9.17, 15) is 14.3 Å². The average molecular weight is 257 g/mol. The fourth-order valence-electron chi connectivity index (χ4n) is 1.49. The van der Waals surface area contributed by atoms with Crippen LogP contribution in [-0.2, 0) is 4.74 Å². The number of amides is 1. The number of methoxy groups -OCH3 is 1. The summed E-state index contributed by atoms with van der Waals surface area (Å²) < 4.78 is 17.9. The number of carbonyl (C=O) groups is 1. The summed E-state index contributed by atoms with van der Waals surface area (Å²) in [6.45, 7) is 0.428. The second-order valence-corrected chi connectivity index (χ2v) is 3.67. The van der Waals surface area contributed by atoms with Crippen molar-refractivity contribution in [3.05, 3.63) is 29.6 Å². The lowest BCUT2D eigenvalue weighted by Crippen LogP contribution is -2.36. The summed E-state index contributed by atoms with van der Waals surface area (Å²) in [5, 5.41) is 18.4. The van der Waals surface area contributed by atoms with Crippen molar-refractivity contribution in [3.8, 4) is 5.75 Å². The molecule has 0 atom stereocenters. The summed E-state index contributed by atoms with van der Waals surface area (Å²) in [6, 6.07) is 3.16. The van der Waals surface area contributed by atoms with Crippen molar-refractivity contribution in [2.45, 2.75) is 0 Å². The number of aliphatic hydroxyl groups excluding tert-OH is 1. The number of halogens is 1. The maximum Gasteiger partial charge on any atom is 0.257 e. The van der Waals surface area contributed by atoms with Gasteiger partial charge in [0.05, 0.1) is 18.8 Å². The lowest BCUT2D eigenvalue weighted by molar-refractivity contribution is 0.0653. The van der Waals surface area contributed by atoms with Crippen LogP contribution in [0.3, 0.4) is 0 Å². The Morgan fingerprint density at radius 3 is 2.78 bits per heavy atom. The molecule has 0 saturated heterocycles. The molecular weight excluding hydrogens is 241 g/mol. The summed E-state index contributed by atoms with van der Waals surface area (Å²) >= 11 is 0. The Labute approximate surface area is 104 Å². The van der Waals surface area contributed by atoms with Gasteiger partial charge in [-0.3, -0.25) is 4.79 Å². The molecule has 18 heavy (non-hydrogen) atoms. The third-order valence-corrected chi connectivity index (χ3v) is 2.41. The van der Waals surface area contributed by atoms with Gasteiger partial charge in [0.1, 0.15) is 11.6 Å². The highest BCUT2D eigenvalue weighted by Gasteiger charge is 2.19. The summed E-state index contributed by atoms with van der Waals surface area (Å²) in [7, 11) is 1.49. The van der Waals surface area contributed by atoms with Crippen LogP contribution in [0.2, 0.25) is 0 Å². The van der Waals surface area contributed by atoms with Gasteiger partial charge in [0.2, 0.25) is 0 Å². The fraction of sp³-hybridized carbons (Fsp3) is 0.417. The third kappa shape index (κ3) is 3.68. The van der Waals surface area contributed by atoms with Gasteiger partial charge in [-0.05, 0) is 18.2 Å². The van der Waals surface area contributed by atoms with Crippen LogP contribution in [0.15, 0.2) is 18.2 Å². The number of aromatic hydroxyl groups is 1. The van der Waals surface area contributed by atoms with E-state index >= 15 is 0 Å². The van der Waals surface area contributed by atoms with Crippen LogP contribution >= 0.6 is 0 Å². The van der Waals surface area contributed by atoms with Crippen molar-refractivity contribution in [2.24, 2.45) is 0 Å². The largest absolute Gasteiger partial charge is 0.507 e. The average Bonchev–Trinajstić information content (AvgIpc) is 2.36. The Morgan fingerprint density at radius 2 is 2.17 bits per heavy atom. The van der Waals surface area contributed by atoms with Crippen LogP contribution in [0.1, 0.15) is 10.4 Å². The maximum absolute atomic E-state index is 13.1. The van der Waals surface area contributed by atoms with Gasteiger partial charge < -0.3 is 19.8 Å². The second kappa shape index (κ2) is 6.93. The predicted molar refractivity (Wildman–Crippen MR) is 62.9 cm³/mol. The molecular formula is C12H16FNO4. The Morgan fingerprint density at radius 1 is 1.44 bits per heavy atom. The molecule has 0 spiro atoms. The monoisotopic (exact) mass is 257 g/mol.